The van der Waals surface area contributed by atoms with Gasteiger partial charge in [-0.05, 0) is 13.8 Å². The van der Waals surface area contributed by atoms with E-state index in [2.05, 4.69) is 26.7 Å². The quantitative estimate of drug-likeness (QED) is 0.697. The maximum absolute atomic E-state index is 13.2. The molecule has 9 heteroatoms. The largest absolute Gasteiger partial charge is 0.379 e. The van der Waals surface area contributed by atoms with Gasteiger partial charge in [-0.3, -0.25) is 14.6 Å². The standard InChI is InChI=1S/C16H23N5O3S/c1-11-12(2)25-14-13(17-11)18-15(22)16(19-14,20-3-7-23-8-4-20)21-5-9-24-10-6-21/h12H,3-10H2,1-2H3. The molecule has 0 aromatic rings. The number of fused-ring (bicyclic) bond motifs is 1. The van der Waals surface area contributed by atoms with Crippen molar-refractivity contribution in [3.8, 4) is 0 Å². The highest BCUT2D eigenvalue weighted by molar-refractivity contribution is 8.17. The summed E-state index contributed by atoms with van der Waals surface area (Å²) in [5, 5.41) is 0.994. The first kappa shape index (κ1) is 17.3. The first-order chi connectivity index (χ1) is 12.1. The topological polar surface area (TPSA) is 79.1 Å². The van der Waals surface area contributed by atoms with Crippen LogP contribution in [-0.4, -0.2) is 95.9 Å². The minimum Gasteiger partial charge on any atom is -0.379 e. The fourth-order valence-corrected chi connectivity index (χ4v) is 4.42. The van der Waals surface area contributed by atoms with Gasteiger partial charge in [0, 0.05) is 37.1 Å². The van der Waals surface area contributed by atoms with Crippen molar-refractivity contribution < 1.29 is 14.3 Å². The first-order valence-electron chi connectivity index (χ1n) is 8.72. The van der Waals surface area contributed by atoms with Crippen LogP contribution in [0.25, 0.3) is 0 Å². The SMILES string of the molecule is CC1=NC2=NC(=O)C(N3CCOCC3)(N3CCOCC3)N=C2SC1C. The number of morpholine rings is 2. The van der Waals surface area contributed by atoms with E-state index < -0.39 is 5.79 Å². The zero-order valence-electron chi connectivity index (χ0n) is 14.6. The minimum absolute atomic E-state index is 0.234. The molecule has 0 spiro atoms. The molecule has 0 bridgehead atoms. The Morgan fingerprint density at radius 2 is 1.60 bits per heavy atom. The third-order valence-corrected chi connectivity index (χ3v) is 6.20. The van der Waals surface area contributed by atoms with Crippen molar-refractivity contribution in [1.82, 2.24) is 9.80 Å². The van der Waals surface area contributed by atoms with E-state index in [0.29, 0.717) is 58.4 Å². The summed E-state index contributed by atoms with van der Waals surface area (Å²) in [6.45, 7) is 9.10. The highest BCUT2D eigenvalue weighted by Gasteiger charge is 2.53. The lowest BCUT2D eigenvalue weighted by atomic mass is 10.1. The van der Waals surface area contributed by atoms with Crippen LogP contribution in [0.5, 0.6) is 0 Å². The Morgan fingerprint density at radius 3 is 2.16 bits per heavy atom. The summed E-state index contributed by atoms with van der Waals surface area (Å²) in [5.41, 5.74) is 0.973. The average Bonchev–Trinajstić information content (AvgIpc) is 2.64. The molecule has 0 aromatic heterocycles. The molecule has 4 aliphatic heterocycles. The number of amidine groups is 1. The summed E-state index contributed by atoms with van der Waals surface area (Å²) >= 11 is 1.63. The molecule has 4 rings (SSSR count). The summed E-state index contributed by atoms with van der Waals surface area (Å²) in [7, 11) is 0. The zero-order chi connectivity index (χ0) is 17.4. The van der Waals surface area contributed by atoms with Gasteiger partial charge in [0.1, 0.15) is 5.04 Å². The number of nitrogens with zero attached hydrogens (tertiary/aromatic N) is 5. The molecule has 0 aromatic carbocycles. The van der Waals surface area contributed by atoms with Crippen molar-refractivity contribution in [1.29, 1.82) is 0 Å². The van der Waals surface area contributed by atoms with E-state index in [1.165, 1.54) is 0 Å². The van der Waals surface area contributed by atoms with Gasteiger partial charge in [-0.25, -0.2) is 9.98 Å². The normalized spacial score (nSPS) is 31.0. The molecule has 25 heavy (non-hydrogen) atoms. The lowest BCUT2D eigenvalue weighted by Crippen LogP contribution is -2.69. The van der Waals surface area contributed by atoms with E-state index in [9.17, 15) is 4.79 Å². The Labute approximate surface area is 151 Å². The second kappa shape index (κ2) is 6.88. The number of rotatable bonds is 2. The van der Waals surface area contributed by atoms with Crippen molar-refractivity contribution in [3.05, 3.63) is 0 Å². The highest BCUT2D eigenvalue weighted by atomic mass is 32.2. The van der Waals surface area contributed by atoms with Crippen LogP contribution in [0.4, 0.5) is 0 Å². The number of hydrogen-bond donors (Lipinski definition) is 0. The monoisotopic (exact) mass is 365 g/mol. The Hall–Kier alpha value is -1.13. The maximum atomic E-state index is 13.2. The second-order valence-electron chi connectivity index (χ2n) is 6.51. The number of hydrogen-bond acceptors (Lipinski definition) is 8. The summed E-state index contributed by atoms with van der Waals surface area (Å²) in [6, 6.07) is 0. The van der Waals surface area contributed by atoms with Gasteiger partial charge in [-0.1, -0.05) is 11.8 Å². The summed E-state index contributed by atoms with van der Waals surface area (Å²) < 4.78 is 11.0. The van der Waals surface area contributed by atoms with Gasteiger partial charge in [-0.15, -0.1) is 0 Å². The molecule has 4 heterocycles. The Morgan fingerprint density at radius 1 is 1.04 bits per heavy atom. The minimum atomic E-state index is -1.08. The van der Waals surface area contributed by atoms with Gasteiger partial charge < -0.3 is 9.47 Å². The predicted octanol–water partition coefficient (Wildman–Crippen LogP) is 0.238. The number of amides is 1. The van der Waals surface area contributed by atoms with Crippen LogP contribution in [0.15, 0.2) is 15.0 Å². The van der Waals surface area contributed by atoms with Gasteiger partial charge in [0.2, 0.25) is 0 Å². The number of carbonyl (C=O) groups excluding carboxylic acids is 1. The fourth-order valence-electron chi connectivity index (χ4n) is 3.48. The van der Waals surface area contributed by atoms with Crippen molar-refractivity contribution in [2.24, 2.45) is 15.0 Å². The molecule has 2 fully saturated rings. The molecule has 2 saturated heterocycles. The Kier molecular flexibility index (Phi) is 4.76. The van der Waals surface area contributed by atoms with Crippen LogP contribution in [-0.2, 0) is 14.3 Å². The van der Waals surface area contributed by atoms with Crippen LogP contribution >= 0.6 is 11.8 Å². The fraction of sp³-hybridized carbons (Fsp3) is 0.750. The molecule has 0 N–H and O–H groups in total. The van der Waals surface area contributed by atoms with Crippen molar-refractivity contribution in [3.63, 3.8) is 0 Å². The van der Waals surface area contributed by atoms with Crippen LogP contribution in [0.2, 0.25) is 0 Å². The average molecular weight is 365 g/mol. The van der Waals surface area contributed by atoms with Gasteiger partial charge in [0.25, 0.3) is 5.79 Å². The molecular weight excluding hydrogens is 342 g/mol. The van der Waals surface area contributed by atoms with E-state index in [1.807, 2.05) is 6.92 Å². The van der Waals surface area contributed by atoms with Crippen LogP contribution < -0.4 is 0 Å². The van der Waals surface area contributed by atoms with E-state index in [1.54, 1.807) is 11.8 Å². The van der Waals surface area contributed by atoms with Crippen molar-refractivity contribution in [2.45, 2.75) is 24.9 Å². The number of aliphatic imine (C=N–C) groups is 3. The third kappa shape index (κ3) is 2.97. The Bertz CT molecular complexity index is 632. The van der Waals surface area contributed by atoms with Crippen LogP contribution in [0, 0.1) is 0 Å². The lowest BCUT2D eigenvalue weighted by Gasteiger charge is -2.49. The number of ether oxygens (including phenoxy) is 2. The van der Waals surface area contributed by atoms with Gasteiger partial charge in [-0.2, -0.15) is 4.99 Å². The zero-order valence-corrected chi connectivity index (χ0v) is 15.4. The van der Waals surface area contributed by atoms with Gasteiger partial charge >= 0.3 is 5.91 Å². The number of thioether (sulfide) groups is 1. The molecule has 1 amide bonds. The maximum Gasteiger partial charge on any atom is 0.306 e. The third-order valence-electron chi connectivity index (χ3n) is 5.01. The molecule has 1 unspecified atom stereocenters. The molecule has 0 radical (unpaired) electrons. The van der Waals surface area contributed by atoms with Gasteiger partial charge in [0.15, 0.2) is 5.84 Å². The van der Waals surface area contributed by atoms with E-state index >= 15 is 0 Å². The van der Waals surface area contributed by atoms with Crippen LogP contribution in [0.3, 0.4) is 0 Å². The first-order valence-corrected chi connectivity index (χ1v) is 9.60. The summed E-state index contributed by atoms with van der Waals surface area (Å²) in [6.07, 6.45) is 0. The molecule has 4 aliphatic rings. The highest BCUT2D eigenvalue weighted by Crippen LogP contribution is 2.34. The second-order valence-corrected chi connectivity index (χ2v) is 7.83. The summed E-state index contributed by atoms with van der Waals surface area (Å²) in [4.78, 5) is 31.3. The lowest BCUT2D eigenvalue weighted by molar-refractivity contribution is -0.159. The van der Waals surface area contributed by atoms with E-state index in [4.69, 9.17) is 14.5 Å². The molecule has 0 saturated carbocycles. The molecular formula is C16H23N5O3S. The molecule has 1 atom stereocenters. The van der Waals surface area contributed by atoms with Crippen LogP contribution in [0.1, 0.15) is 13.8 Å². The summed E-state index contributed by atoms with van der Waals surface area (Å²) in [5.74, 6) is -0.871. The van der Waals surface area contributed by atoms with Crippen molar-refractivity contribution in [2.75, 3.05) is 52.6 Å². The molecule has 136 valence electrons. The smallest absolute Gasteiger partial charge is 0.306 e. The molecule has 0 aliphatic carbocycles. The van der Waals surface area contributed by atoms with Crippen molar-refractivity contribution >= 4 is 34.3 Å². The number of carbonyl (C=O) groups is 1. The molecule has 8 nitrogen and oxygen atoms in total. The predicted molar refractivity (Wildman–Crippen MR) is 97.6 cm³/mol. The van der Waals surface area contributed by atoms with Gasteiger partial charge in [0.05, 0.1) is 26.4 Å². The Balaban J connectivity index is 1.77. The van der Waals surface area contributed by atoms with E-state index in [0.717, 1.165) is 10.8 Å². The van der Waals surface area contributed by atoms with E-state index in [-0.39, 0.29) is 11.2 Å².